The van der Waals surface area contributed by atoms with Gasteiger partial charge in [0.1, 0.15) is 18.0 Å². The highest BCUT2D eigenvalue weighted by Crippen LogP contribution is 2.40. The Bertz CT molecular complexity index is 1700. The fourth-order valence-corrected chi connectivity index (χ4v) is 5.02. The van der Waals surface area contributed by atoms with Gasteiger partial charge in [-0.15, -0.1) is 10.2 Å². The molecule has 2 aromatic carbocycles. The number of carbonyl (C=O) groups excluding carboxylic acids is 1. The van der Waals surface area contributed by atoms with Crippen LogP contribution >= 0.6 is 0 Å². The topological polar surface area (TPSA) is 121 Å². The third kappa shape index (κ3) is 6.72. The highest BCUT2D eigenvalue weighted by atomic mass is 19.4. The quantitative estimate of drug-likeness (QED) is 0.213. The number of alkyl halides is 3. The van der Waals surface area contributed by atoms with E-state index < -0.39 is 11.7 Å². The number of amides is 1. The monoisotopic (exact) mass is 604 g/mol. The molecule has 228 valence electrons. The zero-order valence-electron chi connectivity index (χ0n) is 24.3. The predicted molar refractivity (Wildman–Crippen MR) is 159 cm³/mol. The summed E-state index contributed by atoms with van der Waals surface area (Å²) in [6.45, 7) is 2.47. The average Bonchev–Trinajstić information content (AvgIpc) is 3.59. The summed E-state index contributed by atoms with van der Waals surface area (Å²) < 4.78 is 48.3. The number of anilines is 2. The lowest BCUT2D eigenvalue weighted by Gasteiger charge is -2.19. The molecule has 5 rings (SSSR count). The Morgan fingerprint density at radius 1 is 1.07 bits per heavy atom. The maximum absolute atomic E-state index is 13.9. The van der Waals surface area contributed by atoms with Gasteiger partial charge in [0, 0.05) is 51.3 Å². The lowest BCUT2D eigenvalue weighted by Crippen LogP contribution is -2.24. The summed E-state index contributed by atoms with van der Waals surface area (Å²) in [4.78, 5) is 19.9. The predicted octanol–water partition coefficient (Wildman–Crippen LogP) is 5.17. The lowest BCUT2D eigenvalue weighted by atomic mass is 9.96. The van der Waals surface area contributed by atoms with E-state index >= 15 is 0 Å². The number of ether oxygens (including phenoxy) is 1. The minimum Gasteiger partial charge on any atom is -0.383 e. The van der Waals surface area contributed by atoms with Gasteiger partial charge >= 0.3 is 6.18 Å². The summed E-state index contributed by atoms with van der Waals surface area (Å²) in [5.41, 5.74) is 2.59. The maximum Gasteiger partial charge on any atom is 0.416 e. The molecule has 4 aromatic rings. The second-order valence-corrected chi connectivity index (χ2v) is 10.4. The molecule has 2 N–H and O–H groups in total. The van der Waals surface area contributed by atoms with E-state index in [4.69, 9.17) is 10.00 Å². The number of aryl methyl sites for hydroxylation is 1. The molecule has 0 spiro atoms. The Labute approximate surface area is 252 Å². The Kier molecular flexibility index (Phi) is 9.22. The maximum atomic E-state index is 13.9. The van der Waals surface area contributed by atoms with Crippen LogP contribution in [-0.2, 0) is 31.1 Å². The van der Waals surface area contributed by atoms with E-state index in [1.807, 2.05) is 18.2 Å². The minimum atomic E-state index is -4.58. The number of hydrogen-bond donors (Lipinski definition) is 2. The number of hydrogen-bond acceptors (Lipinski definition) is 8. The van der Waals surface area contributed by atoms with Gasteiger partial charge in [-0.1, -0.05) is 12.1 Å². The number of aromatic nitrogens is 4. The van der Waals surface area contributed by atoms with Crippen LogP contribution in [0, 0.1) is 11.3 Å². The molecular formula is C31H31F3N8O2. The van der Waals surface area contributed by atoms with Crippen molar-refractivity contribution in [2.45, 2.75) is 32.1 Å². The molecule has 2 aromatic heterocycles. The van der Waals surface area contributed by atoms with Crippen molar-refractivity contribution in [1.29, 1.82) is 5.26 Å². The second-order valence-electron chi connectivity index (χ2n) is 10.4. The molecule has 0 saturated carbocycles. The van der Waals surface area contributed by atoms with Crippen molar-refractivity contribution in [3.05, 3.63) is 77.1 Å². The number of methoxy groups -OCH3 is 1. The first-order chi connectivity index (χ1) is 21.2. The van der Waals surface area contributed by atoms with E-state index in [9.17, 15) is 18.0 Å². The Morgan fingerprint density at radius 3 is 2.64 bits per heavy atom. The molecule has 0 bridgehead atoms. The Hall–Kier alpha value is -4.80. The largest absolute Gasteiger partial charge is 0.416 e. The summed E-state index contributed by atoms with van der Waals surface area (Å²) in [6.07, 6.45) is -2.24. The Balaban J connectivity index is 1.56. The van der Waals surface area contributed by atoms with E-state index in [-0.39, 0.29) is 23.8 Å². The first-order valence-electron chi connectivity index (χ1n) is 14.0. The number of nitrogens with zero attached hydrogens (tertiary/aromatic N) is 6. The summed E-state index contributed by atoms with van der Waals surface area (Å²) >= 11 is 0. The Morgan fingerprint density at radius 2 is 1.91 bits per heavy atom. The van der Waals surface area contributed by atoms with Crippen molar-refractivity contribution in [1.82, 2.24) is 25.1 Å². The van der Waals surface area contributed by atoms with Crippen molar-refractivity contribution in [2.75, 3.05) is 37.0 Å². The smallest absolute Gasteiger partial charge is 0.383 e. The summed E-state index contributed by atoms with van der Waals surface area (Å²) in [7, 11) is 3.34. The molecule has 3 heterocycles. The molecule has 0 aliphatic carbocycles. The molecule has 10 nitrogen and oxygen atoms in total. The molecule has 0 atom stereocenters. The van der Waals surface area contributed by atoms with Crippen LogP contribution in [0.1, 0.15) is 39.9 Å². The summed E-state index contributed by atoms with van der Waals surface area (Å²) in [6, 6.07) is 14.5. The number of pyridine rings is 1. The van der Waals surface area contributed by atoms with Crippen LogP contribution in [0.3, 0.4) is 0 Å². The van der Waals surface area contributed by atoms with Crippen LogP contribution in [-0.4, -0.2) is 52.5 Å². The average molecular weight is 605 g/mol. The van der Waals surface area contributed by atoms with Gasteiger partial charge < -0.3 is 19.9 Å². The van der Waals surface area contributed by atoms with Gasteiger partial charge in [0.15, 0.2) is 5.82 Å². The highest BCUT2D eigenvalue weighted by molar-refractivity contribution is 6.10. The van der Waals surface area contributed by atoms with Crippen LogP contribution in [0.4, 0.5) is 24.8 Å². The molecular weight excluding hydrogens is 573 g/mol. The third-order valence-corrected chi connectivity index (χ3v) is 7.26. The van der Waals surface area contributed by atoms with Crippen LogP contribution in [0.5, 0.6) is 0 Å². The number of nitrogens with one attached hydrogen (secondary N) is 2. The molecule has 0 unspecified atom stereocenters. The van der Waals surface area contributed by atoms with E-state index in [1.54, 1.807) is 30.9 Å². The first kappa shape index (κ1) is 30.7. The van der Waals surface area contributed by atoms with Crippen LogP contribution < -0.4 is 15.5 Å². The number of fused-ring (bicyclic) bond motifs is 1. The van der Waals surface area contributed by atoms with Crippen molar-refractivity contribution < 1.29 is 22.7 Å². The molecule has 1 amide bonds. The SMILES string of the molecule is COCCNCc1ccc2c(c1)C(=O)N(c1cc(-c3cc(C(F)(F)F)ccc3-c3nncn3C)cc(NCCCC#N)n1)C2. The summed E-state index contributed by atoms with van der Waals surface area (Å²) in [5.74, 6) is 0.777. The standard InChI is InChI=1S/C31H31F3N8O2/c1-41-19-38-40-29(41)24-8-7-23(31(32,33)34)16-25(24)22-14-27(37-10-4-3-9-35)39-28(15-22)42-18-21-6-5-20(13-26(21)30(42)43)17-36-11-12-44-2/h5-8,13-16,19,36H,3-4,10-12,17-18H2,1-2H3,(H,37,39). The summed E-state index contributed by atoms with van der Waals surface area (Å²) in [5, 5.41) is 23.4. The van der Waals surface area contributed by atoms with Crippen LogP contribution in [0.15, 0.2) is 54.9 Å². The minimum absolute atomic E-state index is 0.253. The fourth-order valence-electron chi connectivity index (χ4n) is 5.02. The van der Waals surface area contributed by atoms with Crippen molar-refractivity contribution in [3.63, 3.8) is 0 Å². The zero-order chi connectivity index (χ0) is 31.3. The molecule has 13 heteroatoms. The number of halogens is 3. The van der Waals surface area contributed by atoms with E-state index in [2.05, 4.69) is 31.9 Å². The first-order valence-corrected chi connectivity index (χ1v) is 14.0. The molecule has 44 heavy (non-hydrogen) atoms. The van der Waals surface area contributed by atoms with Crippen LogP contribution in [0.25, 0.3) is 22.5 Å². The number of carbonyl (C=O) groups is 1. The van der Waals surface area contributed by atoms with Crippen molar-refractivity contribution in [3.8, 4) is 28.6 Å². The van der Waals surface area contributed by atoms with Gasteiger partial charge in [0.05, 0.1) is 24.8 Å². The molecule has 1 aliphatic rings. The van der Waals surface area contributed by atoms with E-state index in [1.165, 1.54) is 17.3 Å². The molecule has 0 saturated heterocycles. The van der Waals surface area contributed by atoms with Gasteiger partial charge in [0.25, 0.3) is 5.91 Å². The van der Waals surface area contributed by atoms with Crippen molar-refractivity contribution >= 4 is 17.5 Å². The second kappa shape index (κ2) is 13.2. The highest BCUT2D eigenvalue weighted by Gasteiger charge is 2.33. The number of unbranched alkanes of at least 4 members (excludes halogenated alkanes) is 1. The van der Waals surface area contributed by atoms with Gasteiger partial charge in [-0.05, 0) is 65.1 Å². The van der Waals surface area contributed by atoms with Gasteiger partial charge in [-0.2, -0.15) is 18.4 Å². The van der Waals surface area contributed by atoms with Gasteiger partial charge in [0.2, 0.25) is 0 Å². The third-order valence-electron chi connectivity index (χ3n) is 7.26. The molecule has 1 aliphatic heterocycles. The number of benzene rings is 2. The van der Waals surface area contributed by atoms with Crippen LogP contribution in [0.2, 0.25) is 0 Å². The number of rotatable bonds is 12. The number of nitriles is 1. The zero-order valence-corrected chi connectivity index (χ0v) is 24.3. The lowest BCUT2D eigenvalue weighted by molar-refractivity contribution is -0.137. The molecule has 0 radical (unpaired) electrons. The van der Waals surface area contributed by atoms with E-state index in [0.29, 0.717) is 67.4 Å². The normalized spacial score (nSPS) is 12.8. The fraction of sp³-hybridized carbons (Fsp3) is 0.323. The molecule has 0 fully saturated rings. The van der Waals surface area contributed by atoms with Crippen molar-refractivity contribution in [2.24, 2.45) is 7.05 Å². The van der Waals surface area contributed by atoms with Gasteiger partial charge in [-0.25, -0.2) is 4.98 Å². The van der Waals surface area contributed by atoms with E-state index in [0.717, 1.165) is 23.3 Å². The van der Waals surface area contributed by atoms with Gasteiger partial charge in [-0.3, -0.25) is 9.69 Å².